The van der Waals surface area contributed by atoms with Crippen molar-refractivity contribution < 1.29 is 19.4 Å². The van der Waals surface area contributed by atoms with Gasteiger partial charge in [-0.2, -0.15) is 0 Å². The SMILES string of the molecule is Cc1ncc(C(=O)NC2COCC2C(=O)O)s1. The number of ether oxygens (including phenoxy) is 1. The van der Waals surface area contributed by atoms with Crippen LogP contribution >= 0.6 is 11.3 Å². The minimum atomic E-state index is -0.951. The molecule has 92 valence electrons. The summed E-state index contributed by atoms with van der Waals surface area (Å²) in [6, 6.07) is -0.470. The van der Waals surface area contributed by atoms with Crippen LogP contribution in [0.1, 0.15) is 14.7 Å². The van der Waals surface area contributed by atoms with Crippen LogP contribution in [0.15, 0.2) is 6.20 Å². The second-order valence-corrected chi connectivity index (χ2v) is 5.04. The largest absolute Gasteiger partial charge is 0.481 e. The Morgan fingerprint density at radius 1 is 1.59 bits per heavy atom. The molecule has 6 nitrogen and oxygen atoms in total. The first-order chi connectivity index (χ1) is 8.08. The van der Waals surface area contributed by atoms with E-state index in [2.05, 4.69) is 10.3 Å². The van der Waals surface area contributed by atoms with Crippen LogP contribution in [0.5, 0.6) is 0 Å². The Hall–Kier alpha value is -1.47. The first kappa shape index (κ1) is 12.0. The lowest BCUT2D eigenvalue weighted by Crippen LogP contribution is -2.42. The molecule has 0 bridgehead atoms. The minimum Gasteiger partial charge on any atom is -0.481 e. The quantitative estimate of drug-likeness (QED) is 0.811. The third-order valence-corrected chi connectivity index (χ3v) is 3.47. The average Bonchev–Trinajstić information content (AvgIpc) is 2.86. The normalized spacial score (nSPS) is 23.6. The number of thiazole rings is 1. The number of carboxylic acid groups (broad SMARTS) is 1. The summed E-state index contributed by atoms with van der Waals surface area (Å²) in [5.74, 6) is -1.92. The maximum Gasteiger partial charge on any atom is 0.311 e. The van der Waals surface area contributed by atoms with Crippen LogP contribution in [0.3, 0.4) is 0 Å². The van der Waals surface area contributed by atoms with E-state index >= 15 is 0 Å². The van der Waals surface area contributed by atoms with E-state index in [-0.39, 0.29) is 19.1 Å². The zero-order valence-electron chi connectivity index (χ0n) is 9.17. The molecule has 1 aromatic rings. The summed E-state index contributed by atoms with van der Waals surface area (Å²) in [6.07, 6.45) is 1.49. The topological polar surface area (TPSA) is 88.5 Å². The number of aromatic nitrogens is 1. The van der Waals surface area contributed by atoms with Crippen molar-refractivity contribution in [3.8, 4) is 0 Å². The fraction of sp³-hybridized carbons (Fsp3) is 0.500. The number of amides is 1. The van der Waals surface area contributed by atoms with Crippen molar-refractivity contribution in [1.29, 1.82) is 0 Å². The molecule has 7 heteroatoms. The highest BCUT2D eigenvalue weighted by atomic mass is 32.1. The van der Waals surface area contributed by atoms with Crippen molar-refractivity contribution in [3.05, 3.63) is 16.1 Å². The van der Waals surface area contributed by atoms with Gasteiger partial charge in [0.15, 0.2) is 0 Å². The molecule has 2 unspecified atom stereocenters. The van der Waals surface area contributed by atoms with Gasteiger partial charge < -0.3 is 15.2 Å². The van der Waals surface area contributed by atoms with E-state index in [1.165, 1.54) is 17.5 Å². The number of carbonyl (C=O) groups excluding carboxylic acids is 1. The molecular weight excluding hydrogens is 244 g/mol. The lowest BCUT2D eigenvalue weighted by Gasteiger charge is -2.14. The van der Waals surface area contributed by atoms with Crippen molar-refractivity contribution in [2.45, 2.75) is 13.0 Å². The Morgan fingerprint density at radius 2 is 2.35 bits per heavy atom. The number of carboxylic acids is 1. The highest BCUT2D eigenvalue weighted by molar-refractivity contribution is 7.13. The first-order valence-corrected chi connectivity index (χ1v) is 5.93. The number of aryl methyl sites for hydroxylation is 1. The molecule has 2 heterocycles. The smallest absolute Gasteiger partial charge is 0.311 e. The lowest BCUT2D eigenvalue weighted by molar-refractivity contribution is -0.142. The van der Waals surface area contributed by atoms with E-state index in [1.54, 1.807) is 6.92 Å². The number of nitrogens with zero attached hydrogens (tertiary/aromatic N) is 1. The molecule has 0 spiro atoms. The van der Waals surface area contributed by atoms with Crippen LogP contribution in [0.4, 0.5) is 0 Å². The van der Waals surface area contributed by atoms with Gasteiger partial charge in [-0.05, 0) is 6.92 Å². The van der Waals surface area contributed by atoms with E-state index < -0.39 is 17.9 Å². The highest BCUT2D eigenvalue weighted by Gasteiger charge is 2.35. The molecule has 1 aliphatic heterocycles. The van der Waals surface area contributed by atoms with Crippen LogP contribution in [-0.4, -0.2) is 41.2 Å². The average molecular weight is 256 g/mol. The van der Waals surface area contributed by atoms with Gasteiger partial charge in [-0.3, -0.25) is 9.59 Å². The number of rotatable bonds is 3. The van der Waals surface area contributed by atoms with E-state index in [0.717, 1.165) is 5.01 Å². The molecule has 2 atom stereocenters. The molecule has 2 N–H and O–H groups in total. The Morgan fingerprint density at radius 3 is 2.94 bits per heavy atom. The summed E-state index contributed by atoms with van der Waals surface area (Å²) in [5.41, 5.74) is 0. The maximum atomic E-state index is 11.8. The molecule has 0 aliphatic carbocycles. The predicted molar refractivity (Wildman–Crippen MR) is 60.1 cm³/mol. The summed E-state index contributed by atoms with van der Waals surface area (Å²) in [4.78, 5) is 27.1. The zero-order chi connectivity index (χ0) is 12.4. The number of hydrogen-bond donors (Lipinski definition) is 2. The van der Waals surface area contributed by atoms with Crippen LogP contribution in [-0.2, 0) is 9.53 Å². The molecule has 1 amide bonds. The summed E-state index contributed by atoms with van der Waals surface area (Å²) >= 11 is 1.28. The molecule has 2 rings (SSSR count). The Labute approximate surface area is 102 Å². The van der Waals surface area contributed by atoms with Crippen LogP contribution in [0.2, 0.25) is 0 Å². The van der Waals surface area contributed by atoms with Gasteiger partial charge in [0, 0.05) is 0 Å². The highest BCUT2D eigenvalue weighted by Crippen LogP contribution is 2.16. The number of aliphatic carboxylic acids is 1. The van der Waals surface area contributed by atoms with Crippen LogP contribution in [0.25, 0.3) is 0 Å². The van der Waals surface area contributed by atoms with Crippen LogP contribution < -0.4 is 5.32 Å². The van der Waals surface area contributed by atoms with Gasteiger partial charge in [0.2, 0.25) is 0 Å². The predicted octanol–water partition coefficient (Wildman–Crippen LogP) is 0.281. The second kappa shape index (κ2) is 4.80. The van der Waals surface area contributed by atoms with Crippen molar-refractivity contribution in [1.82, 2.24) is 10.3 Å². The summed E-state index contributed by atoms with van der Waals surface area (Å²) in [6.45, 7) is 2.18. The lowest BCUT2D eigenvalue weighted by atomic mass is 10.0. The molecule has 1 saturated heterocycles. The Kier molecular flexibility index (Phi) is 3.39. The Bertz CT molecular complexity index is 445. The van der Waals surface area contributed by atoms with E-state index in [9.17, 15) is 9.59 Å². The summed E-state index contributed by atoms with van der Waals surface area (Å²) in [7, 11) is 0. The van der Waals surface area contributed by atoms with Gasteiger partial charge >= 0.3 is 5.97 Å². The molecule has 0 radical (unpaired) electrons. The third kappa shape index (κ3) is 2.62. The van der Waals surface area contributed by atoms with Gasteiger partial charge in [-0.25, -0.2) is 4.98 Å². The fourth-order valence-corrected chi connectivity index (χ4v) is 2.33. The van der Waals surface area contributed by atoms with E-state index in [4.69, 9.17) is 9.84 Å². The fourth-order valence-electron chi connectivity index (χ4n) is 1.65. The van der Waals surface area contributed by atoms with Gasteiger partial charge in [-0.15, -0.1) is 11.3 Å². The summed E-state index contributed by atoms with van der Waals surface area (Å²) < 4.78 is 5.07. The standard InChI is InChI=1S/C10H12N2O4S/c1-5-11-2-8(17-5)9(13)12-7-4-16-3-6(7)10(14)15/h2,6-7H,3-4H2,1H3,(H,12,13)(H,14,15). The molecule has 0 aromatic carbocycles. The van der Waals surface area contributed by atoms with Crippen molar-refractivity contribution in [2.75, 3.05) is 13.2 Å². The summed E-state index contributed by atoms with van der Waals surface area (Å²) in [5, 5.41) is 12.4. The van der Waals surface area contributed by atoms with Gasteiger partial charge in [0.1, 0.15) is 10.8 Å². The molecule has 17 heavy (non-hydrogen) atoms. The second-order valence-electron chi connectivity index (χ2n) is 3.81. The molecular formula is C10H12N2O4S. The van der Waals surface area contributed by atoms with Crippen molar-refractivity contribution >= 4 is 23.2 Å². The van der Waals surface area contributed by atoms with Crippen molar-refractivity contribution in [3.63, 3.8) is 0 Å². The van der Waals surface area contributed by atoms with Crippen LogP contribution in [0, 0.1) is 12.8 Å². The zero-order valence-corrected chi connectivity index (χ0v) is 9.99. The molecule has 0 saturated carbocycles. The molecule has 1 fully saturated rings. The van der Waals surface area contributed by atoms with E-state index in [0.29, 0.717) is 4.88 Å². The Balaban J connectivity index is 2.01. The molecule has 1 aromatic heterocycles. The third-order valence-electron chi connectivity index (χ3n) is 2.56. The number of nitrogens with one attached hydrogen (secondary N) is 1. The molecule has 1 aliphatic rings. The number of carbonyl (C=O) groups is 2. The van der Waals surface area contributed by atoms with Crippen molar-refractivity contribution in [2.24, 2.45) is 5.92 Å². The minimum absolute atomic E-state index is 0.141. The first-order valence-electron chi connectivity index (χ1n) is 5.12. The monoisotopic (exact) mass is 256 g/mol. The number of hydrogen-bond acceptors (Lipinski definition) is 5. The van der Waals surface area contributed by atoms with Gasteiger partial charge in [0.05, 0.1) is 30.5 Å². The van der Waals surface area contributed by atoms with Gasteiger partial charge in [-0.1, -0.05) is 0 Å². The van der Waals surface area contributed by atoms with E-state index in [1.807, 2.05) is 0 Å². The van der Waals surface area contributed by atoms with Gasteiger partial charge in [0.25, 0.3) is 5.91 Å². The maximum absolute atomic E-state index is 11.8.